The van der Waals surface area contributed by atoms with Crippen molar-refractivity contribution in [2.45, 2.75) is 13.5 Å². The summed E-state index contributed by atoms with van der Waals surface area (Å²) in [7, 11) is 0. The van der Waals surface area contributed by atoms with Gasteiger partial charge in [0.15, 0.2) is 0 Å². The molecule has 2 aromatic carbocycles. The van der Waals surface area contributed by atoms with E-state index in [1.165, 1.54) is 0 Å². The molecule has 0 amide bonds. The molecule has 0 spiro atoms. The Labute approximate surface area is 118 Å². The second-order valence-electron chi connectivity index (χ2n) is 4.78. The van der Waals surface area contributed by atoms with Crippen molar-refractivity contribution in [3.05, 3.63) is 65.7 Å². The van der Waals surface area contributed by atoms with Gasteiger partial charge in [0.25, 0.3) is 0 Å². The molecule has 3 rings (SSSR count). The topological polar surface area (TPSA) is 48.1 Å². The Bertz CT molecular complexity index is 753. The smallest absolute Gasteiger partial charge is 0.130 e. The number of hydrogen-bond donors (Lipinski definition) is 1. The van der Waals surface area contributed by atoms with E-state index in [1.807, 2.05) is 61.5 Å². The van der Waals surface area contributed by atoms with Gasteiger partial charge in [-0.1, -0.05) is 36.4 Å². The van der Waals surface area contributed by atoms with Crippen LogP contribution in [0.3, 0.4) is 0 Å². The maximum absolute atomic E-state index is 6.00. The summed E-state index contributed by atoms with van der Waals surface area (Å²) in [5.74, 6) is 1.40. The SMILES string of the molecule is Cc1ccccc1OCc1cc2ccccc2nc1N. The largest absolute Gasteiger partial charge is 0.488 e. The monoisotopic (exact) mass is 264 g/mol. The summed E-state index contributed by atoms with van der Waals surface area (Å²) in [6.07, 6.45) is 0. The van der Waals surface area contributed by atoms with Gasteiger partial charge < -0.3 is 10.5 Å². The minimum atomic E-state index is 0.425. The number of fused-ring (bicyclic) bond motifs is 1. The van der Waals surface area contributed by atoms with Gasteiger partial charge in [0.2, 0.25) is 0 Å². The molecule has 3 heteroatoms. The summed E-state index contributed by atoms with van der Waals surface area (Å²) < 4.78 is 5.83. The van der Waals surface area contributed by atoms with Gasteiger partial charge in [-0.2, -0.15) is 0 Å². The lowest BCUT2D eigenvalue weighted by Gasteiger charge is -2.11. The molecule has 3 nitrogen and oxygen atoms in total. The van der Waals surface area contributed by atoms with Crippen LogP contribution in [-0.2, 0) is 6.61 Å². The molecule has 0 radical (unpaired) electrons. The van der Waals surface area contributed by atoms with Gasteiger partial charge in [0.05, 0.1) is 5.52 Å². The number of nitrogen functional groups attached to an aromatic ring is 1. The lowest BCUT2D eigenvalue weighted by Crippen LogP contribution is -2.03. The quantitative estimate of drug-likeness (QED) is 0.784. The van der Waals surface area contributed by atoms with E-state index < -0.39 is 0 Å². The number of ether oxygens (including phenoxy) is 1. The van der Waals surface area contributed by atoms with Crippen LogP contribution in [0.2, 0.25) is 0 Å². The summed E-state index contributed by atoms with van der Waals surface area (Å²) >= 11 is 0. The van der Waals surface area contributed by atoms with Crippen molar-refractivity contribution in [1.29, 1.82) is 0 Å². The standard InChI is InChI=1S/C17H16N2O/c1-12-6-2-5-9-16(12)20-11-14-10-13-7-3-4-8-15(13)19-17(14)18/h2-10H,11H2,1H3,(H2,18,19). The molecule has 0 aliphatic heterocycles. The van der Waals surface area contributed by atoms with Crippen molar-refractivity contribution < 1.29 is 4.74 Å². The van der Waals surface area contributed by atoms with Crippen LogP contribution in [0, 0.1) is 6.92 Å². The van der Waals surface area contributed by atoms with Crippen LogP contribution in [0.1, 0.15) is 11.1 Å². The number of nitrogens with zero attached hydrogens (tertiary/aromatic N) is 1. The average Bonchev–Trinajstić information content (AvgIpc) is 2.46. The van der Waals surface area contributed by atoms with Gasteiger partial charge in [-0.05, 0) is 30.7 Å². The third-order valence-electron chi connectivity index (χ3n) is 3.31. The number of benzene rings is 2. The molecule has 0 atom stereocenters. The van der Waals surface area contributed by atoms with Gasteiger partial charge in [-0.3, -0.25) is 0 Å². The van der Waals surface area contributed by atoms with Crippen molar-refractivity contribution in [3.63, 3.8) is 0 Å². The summed E-state index contributed by atoms with van der Waals surface area (Å²) in [4.78, 5) is 4.41. The Morgan fingerprint density at radius 3 is 2.65 bits per heavy atom. The van der Waals surface area contributed by atoms with Crippen molar-refractivity contribution >= 4 is 16.7 Å². The van der Waals surface area contributed by atoms with Gasteiger partial charge >= 0.3 is 0 Å². The van der Waals surface area contributed by atoms with Crippen LogP contribution in [0.4, 0.5) is 5.82 Å². The van der Waals surface area contributed by atoms with E-state index in [1.54, 1.807) is 0 Å². The molecule has 0 fully saturated rings. The summed E-state index contributed by atoms with van der Waals surface area (Å²) in [6, 6.07) is 17.9. The van der Waals surface area contributed by atoms with E-state index >= 15 is 0 Å². The number of aryl methyl sites for hydroxylation is 1. The third kappa shape index (κ3) is 2.43. The minimum Gasteiger partial charge on any atom is -0.488 e. The van der Waals surface area contributed by atoms with Crippen LogP contribution < -0.4 is 10.5 Å². The predicted molar refractivity (Wildman–Crippen MR) is 81.7 cm³/mol. The molecule has 0 unspecified atom stereocenters. The first kappa shape index (κ1) is 12.5. The number of nitrogens with two attached hydrogens (primary N) is 1. The maximum atomic E-state index is 6.00. The Morgan fingerprint density at radius 2 is 1.80 bits per heavy atom. The molecule has 3 aromatic rings. The lowest BCUT2D eigenvalue weighted by molar-refractivity contribution is 0.304. The van der Waals surface area contributed by atoms with Crippen LogP contribution in [0.15, 0.2) is 54.6 Å². The van der Waals surface area contributed by atoms with Crippen molar-refractivity contribution in [1.82, 2.24) is 4.98 Å². The molecule has 20 heavy (non-hydrogen) atoms. The van der Waals surface area contributed by atoms with Crippen LogP contribution in [0.5, 0.6) is 5.75 Å². The van der Waals surface area contributed by atoms with Crippen molar-refractivity contribution in [2.75, 3.05) is 5.73 Å². The Hall–Kier alpha value is -2.55. The number of rotatable bonds is 3. The second kappa shape index (κ2) is 5.21. The number of pyridine rings is 1. The van der Waals surface area contributed by atoms with E-state index in [0.717, 1.165) is 27.8 Å². The number of aromatic nitrogens is 1. The summed E-state index contributed by atoms with van der Waals surface area (Å²) in [5, 5.41) is 1.07. The number of para-hydroxylation sites is 2. The fourth-order valence-corrected chi connectivity index (χ4v) is 2.16. The Morgan fingerprint density at radius 1 is 1.05 bits per heavy atom. The highest BCUT2D eigenvalue weighted by Crippen LogP contribution is 2.22. The summed E-state index contributed by atoms with van der Waals surface area (Å²) in [6.45, 7) is 2.45. The lowest BCUT2D eigenvalue weighted by atomic mass is 10.1. The number of anilines is 1. The van der Waals surface area contributed by atoms with Gasteiger partial charge in [-0.15, -0.1) is 0 Å². The van der Waals surface area contributed by atoms with Crippen LogP contribution in [0.25, 0.3) is 10.9 Å². The molecular formula is C17H16N2O. The molecule has 0 saturated carbocycles. The van der Waals surface area contributed by atoms with E-state index in [-0.39, 0.29) is 0 Å². The first-order valence-corrected chi connectivity index (χ1v) is 6.56. The third-order valence-corrected chi connectivity index (χ3v) is 3.31. The zero-order valence-corrected chi connectivity index (χ0v) is 11.3. The summed E-state index contributed by atoms with van der Waals surface area (Å²) in [5.41, 5.74) is 8.92. The molecule has 0 aliphatic rings. The maximum Gasteiger partial charge on any atom is 0.130 e. The van der Waals surface area contributed by atoms with Crippen LogP contribution >= 0.6 is 0 Å². The van der Waals surface area contributed by atoms with E-state index in [0.29, 0.717) is 12.4 Å². The molecule has 0 aliphatic carbocycles. The second-order valence-corrected chi connectivity index (χ2v) is 4.78. The first-order valence-electron chi connectivity index (χ1n) is 6.56. The van der Waals surface area contributed by atoms with Crippen LogP contribution in [-0.4, -0.2) is 4.98 Å². The molecule has 1 aromatic heterocycles. The minimum absolute atomic E-state index is 0.425. The molecule has 2 N–H and O–H groups in total. The fraction of sp³-hybridized carbons (Fsp3) is 0.118. The highest BCUT2D eigenvalue weighted by Gasteiger charge is 2.05. The highest BCUT2D eigenvalue weighted by molar-refractivity contribution is 5.81. The van der Waals surface area contributed by atoms with E-state index in [4.69, 9.17) is 10.5 Å². The molecule has 100 valence electrons. The van der Waals surface area contributed by atoms with Crippen molar-refractivity contribution in [2.24, 2.45) is 0 Å². The number of hydrogen-bond acceptors (Lipinski definition) is 3. The molecule has 1 heterocycles. The first-order chi connectivity index (χ1) is 9.74. The fourth-order valence-electron chi connectivity index (χ4n) is 2.16. The molecule has 0 saturated heterocycles. The van der Waals surface area contributed by atoms with E-state index in [9.17, 15) is 0 Å². The average molecular weight is 264 g/mol. The van der Waals surface area contributed by atoms with Gasteiger partial charge in [0, 0.05) is 10.9 Å². The highest BCUT2D eigenvalue weighted by atomic mass is 16.5. The van der Waals surface area contributed by atoms with Gasteiger partial charge in [-0.25, -0.2) is 4.98 Å². The zero-order chi connectivity index (χ0) is 13.9. The Kier molecular flexibility index (Phi) is 3.25. The van der Waals surface area contributed by atoms with Crippen molar-refractivity contribution in [3.8, 4) is 5.75 Å². The van der Waals surface area contributed by atoms with E-state index in [2.05, 4.69) is 4.98 Å². The zero-order valence-electron chi connectivity index (χ0n) is 11.3. The molecule has 0 bridgehead atoms. The molecular weight excluding hydrogens is 248 g/mol. The normalized spacial score (nSPS) is 10.7. The van der Waals surface area contributed by atoms with Gasteiger partial charge in [0.1, 0.15) is 18.2 Å². The Balaban J connectivity index is 1.87. The predicted octanol–water partition coefficient (Wildman–Crippen LogP) is 3.70.